The zero-order chi connectivity index (χ0) is 15.2. The molecule has 0 radical (unpaired) electrons. The molecule has 1 fully saturated rings. The van der Waals surface area contributed by atoms with E-state index in [1.165, 1.54) is 37.9 Å². The van der Waals surface area contributed by atoms with Crippen LogP contribution in [0.5, 0.6) is 5.75 Å². The normalized spacial score (nSPS) is 21.2. The number of benzene rings is 1. The van der Waals surface area contributed by atoms with Crippen LogP contribution >= 0.6 is 0 Å². The summed E-state index contributed by atoms with van der Waals surface area (Å²) in [4.78, 5) is 2.40. The Labute approximate surface area is 127 Å². The van der Waals surface area contributed by atoms with E-state index in [1.54, 1.807) is 0 Å². The summed E-state index contributed by atoms with van der Waals surface area (Å²) in [5.41, 5.74) is 6.67. The van der Waals surface area contributed by atoms with Gasteiger partial charge in [-0.3, -0.25) is 0 Å². The number of nitrogens with two attached hydrogens (primary N) is 1. The molecule has 0 aromatic heterocycles. The van der Waals surface area contributed by atoms with Crippen LogP contribution in [0.4, 0.5) is 4.39 Å². The fraction of sp³-hybridized carbons (Fsp3) is 0.647. The molecule has 1 heterocycles. The molecule has 1 saturated heterocycles. The second-order valence-corrected chi connectivity index (χ2v) is 6.24. The summed E-state index contributed by atoms with van der Waals surface area (Å²) in [6.07, 6.45) is 5.49. The van der Waals surface area contributed by atoms with E-state index in [-0.39, 0.29) is 11.9 Å². The van der Waals surface area contributed by atoms with Gasteiger partial charge in [-0.25, -0.2) is 4.39 Å². The lowest BCUT2D eigenvalue weighted by atomic mass is 10.0. The van der Waals surface area contributed by atoms with Crippen LogP contribution in [0.15, 0.2) is 18.2 Å². The lowest BCUT2D eigenvalue weighted by molar-refractivity contribution is 0.153. The summed E-state index contributed by atoms with van der Waals surface area (Å²) in [6.45, 7) is 3.73. The zero-order valence-electron chi connectivity index (χ0n) is 13.1. The molecule has 0 spiro atoms. The number of piperidine rings is 1. The average Bonchev–Trinajstić information content (AvgIpc) is 2.39. The standard InChI is InChI=1S/C17H27FN2O/c1-13(19)9-14-10-15(18)12-17(11-14)21-8-6-16-5-3-4-7-20(16)2/h10-13,16H,3-9,19H2,1-2H3. The summed E-state index contributed by atoms with van der Waals surface area (Å²) in [5.74, 6) is 0.363. The zero-order valence-corrected chi connectivity index (χ0v) is 13.1. The maximum atomic E-state index is 13.6. The molecule has 0 bridgehead atoms. The van der Waals surface area contributed by atoms with Crippen LogP contribution < -0.4 is 10.5 Å². The lowest BCUT2D eigenvalue weighted by Gasteiger charge is -2.32. The van der Waals surface area contributed by atoms with Crippen LogP contribution in [0, 0.1) is 5.82 Å². The fourth-order valence-electron chi connectivity index (χ4n) is 3.02. The van der Waals surface area contributed by atoms with Crippen molar-refractivity contribution in [3.63, 3.8) is 0 Å². The van der Waals surface area contributed by atoms with Gasteiger partial charge in [0.2, 0.25) is 0 Å². The van der Waals surface area contributed by atoms with Crippen molar-refractivity contribution >= 4 is 0 Å². The Kier molecular flexibility index (Phi) is 6.00. The van der Waals surface area contributed by atoms with E-state index in [0.29, 0.717) is 24.8 Å². The van der Waals surface area contributed by atoms with Crippen LogP contribution in [0.25, 0.3) is 0 Å². The summed E-state index contributed by atoms with van der Waals surface area (Å²) >= 11 is 0. The molecule has 2 rings (SSSR count). The molecule has 1 aliphatic rings. The summed E-state index contributed by atoms with van der Waals surface area (Å²) in [6, 6.07) is 5.50. The molecule has 1 aromatic rings. The molecule has 118 valence electrons. The van der Waals surface area contributed by atoms with Crippen LogP contribution in [0.1, 0.15) is 38.2 Å². The fourth-order valence-corrected chi connectivity index (χ4v) is 3.02. The number of nitrogens with zero attached hydrogens (tertiary/aromatic N) is 1. The van der Waals surface area contributed by atoms with Gasteiger partial charge in [0.05, 0.1) is 6.61 Å². The molecule has 1 aromatic carbocycles. The first-order valence-corrected chi connectivity index (χ1v) is 7.92. The van der Waals surface area contributed by atoms with Crippen molar-refractivity contribution in [2.24, 2.45) is 5.73 Å². The Morgan fingerprint density at radius 3 is 2.90 bits per heavy atom. The minimum atomic E-state index is -0.252. The quantitative estimate of drug-likeness (QED) is 0.876. The first kappa shape index (κ1) is 16.2. The van der Waals surface area contributed by atoms with E-state index in [2.05, 4.69) is 11.9 Å². The highest BCUT2D eigenvalue weighted by molar-refractivity contribution is 5.30. The minimum absolute atomic E-state index is 0.0236. The van der Waals surface area contributed by atoms with Crippen molar-refractivity contribution in [2.45, 2.75) is 51.1 Å². The molecule has 0 aliphatic carbocycles. The summed E-state index contributed by atoms with van der Waals surface area (Å²) < 4.78 is 19.3. The van der Waals surface area contributed by atoms with E-state index < -0.39 is 0 Å². The minimum Gasteiger partial charge on any atom is -0.493 e. The highest BCUT2D eigenvalue weighted by Gasteiger charge is 2.18. The van der Waals surface area contributed by atoms with Crippen LogP contribution in [-0.4, -0.2) is 37.2 Å². The number of ether oxygens (including phenoxy) is 1. The molecule has 1 aliphatic heterocycles. The van der Waals surface area contributed by atoms with Crippen LogP contribution in [0.2, 0.25) is 0 Å². The number of hydrogen-bond acceptors (Lipinski definition) is 3. The Morgan fingerprint density at radius 2 is 2.19 bits per heavy atom. The van der Waals surface area contributed by atoms with Crippen LogP contribution in [-0.2, 0) is 6.42 Å². The van der Waals surface area contributed by atoms with Crippen molar-refractivity contribution < 1.29 is 9.13 Å². The van der Waals surface area contributed by atoms with Gasteiger partial charge in [-0.15, -0.1) is 0 Å². The molecule has 21 heavy (non-hydrogen) atoms. The van der Waals surface area contributed by atoms with Crippen molar-refractivity contribution in [1.29, 1.82) is 0 Å². The molecule has 4 heteroatoms. The monoisotopic (exact) mass is 294 g/mol. The first-order valence-electron chi connectivity index (χ1n) is 7.92. The highest BCUT2D eigenvalue weighted by atomic mass is 19.1. The van der Waals surface area contributed by atoms with Gasteiger partial charge < -0.3 is 15.4 Å². The third-order valence-electron chi connectivity index (χ3n) is 4.13. The molecule has 2 unspecified atom stereocenters. The molecule has 0 saturated carbocycles. The largest absolute Gasteiger partial charge is 0.493 e. The highest BCUT2D eigenvalue weighted by Crippen LogP contribution is 2.20. The summed E-state index contributed by atoms with van der Waals surface area (Å²) in [7, 11) is 2.17. The number of halogens is 1. The Bertz CT molecular complexity index is 450. The van der Waals surface area contributed by atoms with E-state index in [0.717, 1.165) is 12.0 Å². The third kappa shape index (κ3) is 5.29. The topological polar surface area (TPSA) is 38.5 Å². The van der Waals surface area contributed by atoms with Crippen LogP contribution in [0.3, 0.4) is 0 Å². The van der Waals surface area contributed by atoms with Crippen molar-refractivity contribution in [2.75, 3.05) is 20.2 Å². The van der Waals surface area contributed by atoms with Gasteiger partial charge >= 0.3 is 0 Å². The maximum Gasteiger partial charge on any atom is 0.127 e. The van der Waals surface area contributed by atoms with Crippen molar-refractivity contribution in [3.8, 4) is 5.75 Å². The van der Waals surface area contributed by atoms with Crippen molar-refractivity contribution in [3.05, 3.63) is 29.6 Å². The Balaban J connectivity index is 1.86. The van der Waals surface area contributed by atoms with Gasteiger partial charge in [0.25, 0.3) is 0 Å². The van der Waals surface area contributed by atoms with E-state index in [4.69, 9.17) is 10.5 Å². The molecular weight excluding hydrogens is 267 g/mol. The van der Waals surface area contributed by atoms with Gasteiger partial charge in [0, 0.05) is 18.2 Å². The Morgan fingerprint density at radius 1 is 1.38 bits per heavy atom. The predicted octanol–water partition coefficient (Wildman–Crippen LogP) is 2.97. The predicted molar refractivity (Wildman–Crippen MR) is 84.1 cm³/mol. The smallest absolute Gasteiger partial charge is 0.127 e. The van der Waals surface area contributed by atoms with Crippen molar-refractivity contribution in [1.82, 2.24) is 4.90 Å². The summed E-state index contributed by atoms with van der Waals surface area (Å²) in [5, 5.41) is 0. The second-order valence-electron chi connectivity index (χ2n) is 6.24. The maximum absolute atomic E-state index is 13.6. The third-order valence-corrected chi connectivity index (χ3v) is 4.13. The molecule has 2 atom stereocenters. The van der Waals surface area contributed by atoms with E-state index in [9.17, 15) is 4.39 Å². The number of likely N-dealkylation sites (tertiary alicyclic amines) is 1. The molecular formula is C17H27FN2O. The van der Waals surface area contributed by atoms with Gasteiger partial charge in [-0.2, -0.15) is 0 Å². The van der Waals surface area contributed by atoms with Gasteiger partial charge in [0.1, 0.15) is 11.6 Å². The van der Waals surface area contributed by atoms with E-state index in [1.807, 2.05) is 13.0 Å². The average molecular weight is 294 g/mol. The first-order chi connectivity index (χ1) is 10.0. The second kappa shape index (κ2) is 7.76. The SMILES string of the molecule is CC(N)Cc1cc(F)cc(OCCC2CCCCN2C)c1. The molecule has 3 nitrogen and oxygen atoms in total. The number of hydrogen-bond donors (Lipinski definition) is 1. The molecule has 2 N–H and O–H groups in total. The Hall–Kier alpha value is -1.13. The molecule has 0 amide bonds. The number of rotatable bonds is 6. The van der Waals surface area contributed by atoms with Gasteiger partial charge in [-0.05, 0) is 63.9 Å². The van der Waals surface area contributed by atoms with Gasteiger partial charge in [0.15, 0.2) is 0 Å². The van der Waals surface area contributed by atoms with E-state index >= 15 is 0 Å². The lowest BCUT2D eigenvalue weighted by Crippen LogP contribution is -2.37. The van der Waals surface area contributed by atoms with Gasteiger partial charge in [-0.1, -0.05) is 6.42 Å².